The second-order valence-electron chi connectivity index (χ2n) is 13.8. The highest BCUT2D eigenvalue weighted by Crippen LogP contribution is 2.65. The van der Waals surface area contributed by atoms with E-state index in [1.807, 2.05) is 5.43 Å². The lowest BCUT2D eigenvalue weighted by atomic mass is 9.43. The van der Waals surface area contributed by atoms with E-state index in [2.05, 4.69) is 55.6 Å². The topological polar surface area (TPSA) is 196 Å². The highest BCUT2D eigenvalue weighted by Gasteiger charge is 2.68. The summed E-state index contributed by atoms with van der Waals surface area (Å²) in [5.41, 5.74) is 7.24. The zero-order valence-corrected chi connectivity index (χ0v) is 27.2. The van der Waals surface area contributed by atoms with E-state index in [-0.39, 0.29) is 60.5 Å². The molecule has 15 heteroatoms. The van der Waals surface area contributed by atoms with Gasteiger partial charge in [-0.15, -0.1) is 0 Å². The maximum Gasteiger partial charge on any atom is 0.481 e. The third-order valence-corrected chi connectivity index (χ3v) is 9.60. The average molecular weight is 623 g/mol. The molecule has 4 fully saturated rings. The van der Waals surface area contributed by atoms with Gasteiger partial charge < -0.3 is 31.0 Å². The SMILES string of the molecule is CC(=O)NCCCCCC(=O)N[C@@H](CCCN=C(N)N[N+](=O)O)C(=O)N[C@@H](CC(C)C)B1O[C@@H]2C[C@@H]3C[C@@H](C3(C)C)[C@]2(C)O1. The molecule has 14 nitrogen and oxygen atoms in total. The largest absolute Gasteiger partial charge is 0.481 e. The Morgan fingerprint density at radius 3 is 2.48 bits per heavy atom. The summed E-state index contributed by atoms with van der Waals surface area (Å²) in [5, 5.41) is 16.9. The predicted octanol–water partition coefficient (Wildman–Crippen LogP) is 1.73. The Hall–Kier alpha value is -2.94. The van der Waals surface area contributed by atoms with Crippen LogP contribution >= 0.6 is 0 Å². The van der Waals surface area contributed by atoms with Crippen molar-refractivity contribution in [3.8, 4) is 0 Å². The van der Waals surface area contributed by atoms with Crippen LogP contribution in [0.15, 0.2) is 4.99 Å². The number of carbonyl (C=O) groups excluding carboxylic acids is 3. The molecule has 1 saturated heterocycles. The van der Waals surface area contributed by atoms with E-state index < -0.39 is 29.7 Å². The summed E-state index contributed by atoms with van der Waals surface area (Å²) in [6.45, 7) is 13.1. The van der Waals surface area contributed by atoms with Gasteiger partial charge >= 0.3 is 12.2 Å². The summed E-state index contributed by atoms with van der Waals surface area (Å²) < 4.78 is 13.2. The average Bonchev–Trinajstić information content (AvgIpc) is 3.28. The van der Waals surface area contributed by atoms with E-state index in [0.29, 0.717) is 37.6 Å². The maximum atomic E-state index is 13.7. The fourth-order valence-corrected chi connectivity index (χ4v) is 7.12. The number of guanidine groups is 1. The Bertz CT molecular complexity index is 1070. The Labute approximate surface area is 261 Å². The summed E-state index contributed by atoms with van der Waals surface area (Å²) in [6, 6.07) is -0.833. The Morgan fingerprint density at radius 1 is 1.11 bits per heavy atom. The van der Waals surface area contributed by atoms with Crippen molar-refractivity contribution in [1.29, 1.82) is 0 Å². The molecule has 1 heterocycles. The van der Waals surface area contributed by atoms with E-state index in [4.69, 9.17) is 20.2 Å². The van der Waals surface area contributed by atoms with Gasteiger partial charge in [-0.05, 0) is 80.5 Å². The van der Waals surface area contributed by atoms with Crippen LogP contribution in [0.4, 0.5) is 0 Å². The van der Waals surface area contributed by atoms with Crippen LogP contribution in [0.25, 0.3) is 0 Å². The summed E-state index contributed by atoms with van der Waals surface area (Å²) >= 11 is 0. The van der Waals surface area contributed by atoms with Crippen molar-refractivity contribution in [3.05, 3.63) is 4.91 Å². The standard InChI is InChI=1S/C29H52BN7O7/c1-18(2)15-24(30-43-23-17-20-16-22(28(20,4)5)29(23,6)44-30)35-26(40)21(11-10-14-33-27(31)36-37(41)42)34-25(39)12-8-7-9-13-32-19(3)38/h18,20-24H,7-17H2,1-6H3,(H6-,31,32,33,34,35,36,38,39,40,41,42)/p+1/t20-,21-,22-,23+,24-,29-/m0/s1. The number of amides is 3. The minimum Gasteiger partial charge on any atom is -0.404 e. The highest BCUT2D eigenvalue weighted by molar-refractivity contribution is 6.48. The number of aliphatic imine (C=N–C) groups is 1. The van der Waals surface area contributed by atoms with Crippen LogP contribution < -0.4 is 27.1 Å². The molecule has 44 heavy (non-hydrogen) atoms. The van der Waals surface area contributed by atoms with Gasteiger partial charge in [-0.1, -0.05) is 34.1 Å². The second-order valence-corrected chi connectivity index (χ2v) is 13.8. The van der Waals surface area contributed by atoms with Gasteiger partial charge in [-0.2, -0.15) is 0 Å². The number of unbranched alkanes of at least 4 members (excludes halogenated alkanes) is 2. The van der Waals surface area contributed by atoms with Crippen molar-refractivity contribution in [2.45, 2.75) is 123 Å². The smallest absolute Gasteiger partial charge is 0.404 e. The van der Waals surface area contributed by atoms with Crippen molar-refractivity contribution in [1.82, 2.24) is 21.4 Å². The highest BCUT2D eigenvalue weighted by atomic mass is 16.7. The van der Waals surface area contributed by atoms with Gasteiger partial charge in [-0.25, -0.2) is 10.2 Å². The molecular weight excluding hydrogens is 569 g/mol. The molecule has 4 rings (SSSR count). The predicted molar refractivity (Wildman–Crippen MR) is 165 cm³/mol. The monoisotopic (exact) mass is 622 g/mol. The minimum absolute atomic E-state index is 0.0159. The Morgan fingerprint density at radius 2 is 1.84 bits per heavy atom. The number of carbonyl (C=O) groups is 3. The van der Waals surface area contributed by atoms with E-state index in [1.54, 1.807) is 0 Å². The number of hydrogen-bond acceptors (Lipinski definition) is 7. The van der Waals surface area contributed by atoms with Crippen molar-refractivity contribution < 1.29 is 33.9 Å². The van der Waals surface area contributed by atoms with Crippen LogP contribution in [-0.4, -0.2) is 77.8 Å². The van der Waals surface area contributed by atoms with Crippen LogP contribution in [-0.2, 0) is 23.7 Å². The van der Waals surface area contributed by atoms with Gasteiger partial charge in [-0.3, -0.25) is 14.4 Å². The molecule has 7 N–H and O–H groups in total. The van der Waals surface area contributed by atoms with Gasteiger partial charge in [0.05, 0.1) is 17.6 Å². The van der Waals surface area contributed by atoms with Gasteiger partial charge in [0.15, 0.2) is 0 Å². The van der Waals surface area contributed by atoms with Crippen molar-refractivity contribution >= 4 is 30.8 Å². The molecule has 0 unspecified atom stereocenters. The first-order valence-corrected chi connectivity index (χ1v) is 16.0. The molecule has 4 aliphatic rings. The van der Waals surface area contributed by atoms with Crippen LogP contribution in [0.1, 0.15) is 99.3 Å². The first-order chi connectivity index (χ1) is 20.6. The number of nitrogens with two attached hydrogens (primary N) is 1. The molecule has 3 amide bonds. The molecule has 3 saturated carbocycles. The fourth-order valence-electron chi connectivity index (χ4n) is 7.12. The Kier molecular flexibility index (Phi) is 12.4. The van der Waals surface area contributed by atoms with Crippen LogP contribution in [0.3, 0.4) is 0 Å². The first-order valence-electron chi connectivity index (χ1n) is 16.0. The van der Waals surface area contributed by atoms with E-state index in [1.165, 1.54) is 6.92 Å². The van der Waals surface area contributed by atoms with Crippen LogP contribution in [0, 0.1) is 28.1 Å². The van der Waals surface area contributed by atoms with Gasteiger partial charge in [0.25, 0.3) is 5.96 Å². The molecular formula is C29H53BN7O7+. The van der Waals surface area contributed by atoms with Crippen LogP contribution in [0.5, 0.6) is 0 Å². The van der Waals surface area contributed by atoms with E-state index in [0.717, 1.165) is 25.7 Å². The second kappa shape index (κ2) is 15.4. The molecule has 1 aliphatic heterocycles. The lowest BCUT2D eigenvalue weighted by Crippen LogP contribution is -2.65. The quantitative estimate of drug-likeness (QED) is 0.0460. The zero-order chi connectivity index (χ0) is 32.7. The van der Waals surface area contributed by atoms with Gasteiger partial charge in [0, 0.05) is 26.4 Å². The number of nitrogens with zero attached hydrogens (tertiary/aromatic N) is 2. The van der Waals surface area contributed by atoms with Crippen molar-refractivity contribution in [3.63, 3.8) is 0 Å². The lowest BCUT2D eigenvalue weighted by Gasteiger charge is -2.64. The molecule has 248 valence electrons. The molecule has 0 aromatic carbocycles. The van der Waals surface area contributed by atoms with E-state index >= 15 is 0 Å². The van der Waals surface area contributed by atoms with Gasteiger partial charge in [0.1, 0.15) is 10.9 Å². The van der Waals surface area contributed by atoms with Crippen LogP contribution in [0.2, 0.25) is 0 Å². The fraction of sp³-hybridized carbons (Fsp3) is 0.862. The van der Waals surface area contributed by atoms with Gasteiger partial charge in [0.2, 0.25) is 17.7 Å². The molecule has 0 radical (unpaired) electrons. The zero-order valence-electron chi connectivity index (χ0n) is 27.2. The number of hydrazine groups is 1. The number of nitrogens with one attached hydrogen (secondary N) is 4. The summed E-state index contributed by atoms with van der Waals surface area (Å²) in [5.74, 6) is -0.0651. The Balaban J connectivity index is 1.64. The van der Waals surface area contributed by atoms with Crippen molar-refractivity contribution in [2.75, 3.05) is 13.1 Å². The molecule has 6 atom stereocenters. The maximum absolute atomic E-state index is 13.7. The third-order valence-electron chi connectivity index (χ3n) is 9.60. The first kappa shape index (κ1) is 35.5. The minimum atomic E-state index is -0.833. The normalized spacial score (nSPS) is 26.7. The van der Waals surface area contributed by atoms with E-state index in [9.17, 15) is 19.3 Å². The molecule has 0 aromatic heterocycles. The number of rotatable bonds is 17. The third kappa shape index (κ3) is 9.29. The lowest BCUT2D eigenvalue weighted by molar-refractivity contribution is -0.822. The molecule has 2 bridgehead atoms. The number of hydrogen-bond donors (Lipinski definition) is 6. The van der Waals surface area contributed by atoms with Crippen molar-refractivity contribution in [2.24, 2.45) is 33.9 Å². The molecule has 0 aromatic rings. The summed E-state index contributed by atoms with van der Waals surface area (Å²) in [6.07, 6.45) is 5.75. The summed E-state index contributed by atoms with van der Waals surface area (Å²) in [4.78, 5) is 52.3. The molecule has 0 spiro atoms. The summed E-state index contributed by atoms with van der Waals surface area (Å²) in [7, 11) is -0.588. The molecule has 3 aliphatic carbocycles.